The van der Waals surface area contributed by atoms with E-state index in [2.05, 4.69) is 16.8 Å². The highest BCUT2D eigenvalue weighted by molar-refractivity contribution is 7.99. The number of carbonyl (C=O) groups excluding carboxylic acids is 2. The quantitative estimate of drug-likeness (QED) is 0.746. The van der Waals surface area contributed by atoms with Crippen molar-refractivity contribution in [1.29, 1.82) is 0 Å². The maximum absolute atomic E-state index is 12.5. The number of hydrogen-bond acceptors (Lipinski definition) is 4. The van der Waals surface area contributed by atoms with Crippen LogP contribution in [0.5, 0.6) is 0 Å². The number of amides is 2. The lowest BCUT2D eigenvalue weighted by molar-refractivity contribution is -0.116. The molecule has 2 aromatic rings. The summed E-state index contributed by atoms with van der Waals surface area (Å²) >= 11 is 1.51. The third-order valence-electron chi connectivity index (χ3n) is 6.02. The van der Waals surface area contributed by atoms with E-state index in [0.717, 1.165) is 34.2 Å². The molecule has 1 N–H and O–H groups in total. The van der Waals surface area contributed by atoms with Crippen LogP contribution in [-0.2, 0) is 16.0 Å². The van der Waals surface area contributed by atoms with Gasteiger partial charge in [-0.15, -0.1) is 0 Å². The summed E-state index contributed by atoms with van der Waals surface area (Å²) in [7, 11) is 0. The van der Waals surface area contributed by atoms with E-state index in [1.165, 1.54) is 43.1 Å². The Labute approximate surface area is 176 Å². The smallest absolute Gasteiger partial charge is 0.234 e. The summed E-state index contributed by atoms with van der Waals surface area (Å²) in [5.41, 5.74) is 5.11. The van der Waals surface area contributed by atoms with E-state index in [1.807, 2.05) is 25.1 Å². The molecule has 1 aromatic carbocycles. The first-order valence-corrected chi connectivity index (χ1v) is 11.3. The first-order chi connectivity index (χ1) is 13.9. The summed E-state index contributed by atoms with van der Waals surface area (Å²) in [6.07, 6.45) is 5.76. The predicted octanol–water partition coefficient (Wildman–Crippen LogP) is 4.25. The molecule has 1 aliphatic carbocycles. The topological polar surface area (TPSA) is 67.2 Å². The van der Waals surface area contributed by atoms with Crippen molar-refractivity contribution in [3.63, 3.8) is 0 Å². The van der Waals surface area contributed by atoms with Crippen LogP contribution in [0.2, 0.25) is 0 Å². The van der Waals surface area contributed by atoms with Gasteiger partial charge in [0.1, 0.15) is 0 Å². The SMILES string of the molecule is CC(=O)N1CCc2cc(NC(=O)CSc3nc(C)c(C)n3C3CCCC3)ccc21. The molecular weight excluding hydrogens is 384 g/mol. The van der Waals surface area contributed by atoms with Crippen LogP contribution in [0.1, 0.15) is 55.6 Å². The Kier molecular flexibility index (Phi) is 5.67. The Hall–Kier alpha value is -2.28. The van der Waals surface area contributed by atoms with Crippen molar-refractivity contribution in [3.05, 3.63) is 35.2 Å². The molecular formula is C22H28N4O2S. The van der Waals surface area contributed by atoms with Crippen LogP contribution in [0.3, 0.4) is 0 Å². The zero-order valence-corrected chi connectivity index (χ0v) is 18.1. The van der Waals surface area contributed by atoms with Gasteiger partial charge >= 0.3 is 0 Å². The molecule has 2 heterocycles. The molecule has 2 amide bonds. The molecule has 0 saturated heterocycles. The van der Waals surface area contributed by atoms with Crippen LogP contribution in [-0.4, -0.2) is 33.7 Å². The Morgan fingerprint density at radius 1 is 1.24 bits per heavy atom. The van der Waals surface area contributed by atoms with Crippen LogP contribution in [0.15, 0.2) is 23.4 Å². The number of aromatic nitrogens is 2. The molecule has 0 spiro atoms. The standard InChI is InChI=1S/C22H28N4O2S/c1-14-15(2)26(19-6-4-5-7-19)22(23-14)29-13-21(28)24-18-8-9-20-17(12-18)10-11-25(20)16(3)27/h8-9,12,19H,4-7,10-11,13H2,1-3H3,(H,24,28). The number of fused-ring (bicyclic) bond motifs is 1. The molecule has 4 rings (SSSR count). The van der Waals surface area contributed by atoms with E-state index in [1.54, 1.807) is 11.8 Å². The number of imidazole rings is 1. The highest BCUT2D eigenvalue weighted by Gasteiger charge is 2.24. The second-order valence-corrected chi connectivity index (χ2v) is 8.92. The zero-order valence-electron chi connectivity index (χ0n) is 17.3. The second kappa shape index (κ2) is 8.22. The summed E-state index contributed by atoms with van der Waals surface area (Å²) in [5, 5.41) is 3.95. The first kappa shape index (κ1) is 20.0. The average Bonchev–Trinajstić information content (AvgIpc) is 3.40. The fourth-order valence-electron chi connectivity index (χ4n) is 4.42. The lowest BCUT2D eigenvalue weighted by Gasteiger charge is -2.17. The number of hydrogen-bond donors (Lipinski definition) is 1. The van der Waals surface area contributed by atoms with E-state index in [0.29, 0.717) is 18.3 Å². The maximum atomic E-state index is 12.5. The number of anilines is 2. The number of carbonyl (C=O) groups is 2. The largest absolute Gasteiger partial charge is 0.325 e. The third kappa shape index (κ3) is 4.06. The number of nitrogens with zero attached hydrogens (tertiary/aromatic N) is 3. The zero-order chi connectivity index (χ0) is 20.5. The van der Waals surface area contributed by atoms with Gasteiger partial charge in [-0.05, 0) is 56.9 Å². The van der Waals surface area contributed by atoms with E-state index in [9.17, 15) is 9.59 Å². The normalized spacial score (nSPS) is 16.3. The molecule has 154 valence electrons. The van der Waals surface area contributed by atoms with Gasteiger partial charge < -0.3 is 14.8 Å². The monoisotopic (exact) mass is 412 g/mol. The molecule has 6 nitrogen and oxygen atoms in total. The highest BCUT2D eigenvalue weighted by Crippen LogP contribution is 2.35. The lowest BCUT2D eigenvalue weighted by Crippen LogP contribution is -2.25. The third-order valence-corrected chi connectivity index (χ3v) is 6.97. The predicted molar refractivity (Wildman–Crippen MR) is 117 cm³/mol. The van der Waals surface area contributed by atoms with Gasteiger partial charge in [0.05, 0.1) is 11.4 Å². The van der Waals surface area contributed by atoms with Gasteiger partial charge in [-0.2, -0.15) is 0 Å². The Bertz CT molecular complexity index is 947. The molecule has 0 radical (unpaired) electrons. The Balaban J connectivity index is 1.40. The van der Waals surface area contributed by atoms with E-state index in [-0.39, 0.29) is 11.8 Å². The van der Waals surface area contributed by atoms with Gasteiger partial charge in [0.15, 0.2) is 5.16 Å². The number of benzene rings is 1. The van der Waals surface area contributed by atoms with Crippen molar-refractivity contribution in [1.82, 2.24) is 9.55 Å². The van der Waals surface area contributed by atoms with Crippen molar-refractivity contribution < 1.29 is 9.59 Å². The van der Waals surface area contributed by atoms with Crippen molar-refractivity contribution in [2.24, 2.45) is 0 Å². The summed E-state index contributed by atoms with van der Waals surface area (Å²) < 4.78 is 2.34. The molecule has 29 heavy (non-hydrogen) atoms. The first-order valence-electron chi connectivity index (χ1n) is 10.3. The summed E-state index contributed by atoms with van der Waals surface area (Å²) in [6, 6.07) is 6.29. The minimum absolute atomic E-state index is 0.0346. The van der Waals surface area contributed by atoms with Crippen molar-refractivity contribution >= 4 is 35.0 Å². The van der Waals surface area contributed by atoms with E-state index in [4.69, 9.17) is 4.98 Å². The molecule has 0 bridgehead atoms. The lowest BCUT2D eigenvalue weighted by atomic mass is 10.1. The highest BCUT2D eigenvalue weighted by atomic mass is 32.2. The molecule has 2 aliphatic rings. The number of nitrogens with one attached hydrogen (secondary N) is 1. The fourth-order valence-corrected chi connectivity index (χ4v) is 5.38. The van der Waals surface area contributed by atoms with E-state index < -0.39 is 0 Å². The van der Waals surface area contributed by atoms with E-state index >= 15 is 0 Å². The molecule has 0 unspecified atom stereocenters. The molecule has 1 aliphatic heterocycles. The summed E-state index contributed by atoms with van der Waals surface area (Å²) in [5.74, 6) is 0.354. The van der Waals surface area contributed by atoms with Crippen LogP contribution in [0, 0.1) is 13.8 Å². The fraction of sp³-hybridized carbons (Fsp3) is 0.500. The molecule has 1 saturated carbocycles. The van der Waals surface area contributed by atoms with Crippen LogP contribution >= 0.6 is 11.8 Å². The van der Waals surface area contributed by atoms with Gasteiger partial charge in [-0.1, -0.05) is 24.6 Å². The van der Waals surface area contributed by atoms with Gasteiger partial charge in [0, 0.05) is 36.6 Å². The van der Waals surface area contributed by atoms with Crippen molar-refractivity contribution in [2.45, 2.75) is 64.1 Å². The average molecular weight is 413 g/mol. The summed E-state index contributed by atoms with van der Waals surface area (Å²) in [4.78, 5) is 30.7. The molecule has 7 heteroatoms. The minimum Gasteiger partial charge on any atom is -0.325 e. The van der Waals surface area contributed by atoms with Crippen LogP contribution < -0.4 is 10.2 Å². The number of aryl methyl sites for hydroxylation is 1. The van der Waals surface area contributed by atoms with Gasteiger partial charge in [0.2, 0.25) is 11.8 Å². The number of thioether (sulfide) groups is 1. The molecule has 0 atom stereocenters. The number of rotatable bonds is 5. The maximum Gasteiger partial charge on any atom is 0.234 e. The minimum atomic E-state index is -0.0346. The van der Waals surface area contributed by atoms with Gasteiger partial charge in [-0.3, -0.25) is 9.59 Å². The van der Waals surface area contributed by atoms with Crippen molar-refractivity contribution in [2.75, 3.05) is 22.5 Å². The Morgan fingerprint density at radius 3 is 2.72 bits per heavy atom. The van der Waals surface area contributed by atoms with Crippen LogP contribution in [0.25, 0.3) is 0 Å². The van der Waals surface area contributed by atoms with Gasteiger partial charge in [0.25, 0.3) is 0 Å². The van der Waals surface area contributed by atoms with Gasteiger partial charge in [-0.25, -0.2) is 4.98 Å². The molecule has 1 fully saturated rings. The van der Waals surface area contributed by atoms with Crippen LogP contribution in [0.4, 0.5) is 11.4 Å². The molecule has 1 aromatic heterocycles. The Morgan fingerprint density at radius 2 is 2.00 bits per heavy atom. The summed E-state index contributed by atoms with van der Waals surface area (Å²) in [6.45, 7) is 6.46. The second-order valence-electron chi connectivity index (χ2n) is 7.97. The van der Waals surface area contributed by atoms with Crippen molar-refractivity contribution in [3.8, 4) is 0 Å².